The molecule has 9 heteroatoms. The zero-order chi connectivity index (χ0) is 22.6. The van der Waals surface area contributed by atoms with E-state index < -0.39 is 0 Å². The Morgan fingerprint density at radius 1 is 1.03 bits per heavy atom. The maximum atomic E-state index is 6.22. The maximum Gasteiger partial charge on any atom is 0.173 e. The highest BCUT2D eigenvalue weighted by Crippen LogP contribution is 2.31. The van der Waals surface area contributed by atoms with E-state index in [-0.39, 0.29) is 6.04 Å². The van der Waals surface area contributed by atoms with Crippen LogP contribution < -0.4 is 4.90 Å². The number of methoxy groups -OCH3 is 1. The van der Waals surface area contributed by atoms with Crippen LogP contribution in [0.15, 0.2) is 60.8 Å². The lowest BCUT2D eigenvalue weighted by atomic mass is 10.0. The molecule has 0 saturated carbocycles. The molecule has 0 aliphatic carbocycles. The fourth-order valence-electron chi connectivity index (χ4n) is 4.44. The standard InChI is InChI=1S/C24H26ClN7O/c1-33-15-14-32-24(27-28-29-32)23(19-7-8-22-18(16-19)4-3-9-26-22)31-12-10-30(11-13-31)21-6-2-5-20(25)17-21/h2-9,16-17,23H,10-15H2,1H3/t23-/m0/s1. The molecule has 0 spiro atoms. The first-order valence-electron chi connectivity index (χ1n) is 11.1. The number of anilines is 1. The van der Waals surface area contributed by atoms with Crippen LogP contribution in [-0.2, 0) is 11.3 Å². The van der Waals surface area contributed by atoms with Gasteiger partial charge in [0.05, 0.1) is 24.7 Å². The maximum absolute atomic E-state index is 6.22. The zero-order valence-electron chi connectivity index (χ0n) is 18.5. The number of hydrogen-bond acceptors (Lipinski definition) is 7. The molecule has 3 heterocycles. The lowest BCUT2D eigenvalue weighted by Gasteiger charge is -2.40. The molecule has 8 nitrogen and oxygen atoms in total. The van der Waals surface area contributed by atoms with Crippen LogP contribution in [0.4, 0.5) is 5.69 Å². The Bertz CT molecular complexity index is 1220. The van der Waals surface area contributed by atoms with Crippen LogP contribution in [0.5, 0.6) is 0 Å². The highest BCUT2D eigenvalue weighted by Gasteiger charge is 2.31. The molecule has 5 rings (SSSR count). The fraction of sp³-hybridized carbons (Fsp3) is 0.333. The summed E-state index contributed by atoms with van der Waals surface area (Å²) in [5.41, 5.74) is 3.28. The predicted molar refractivity (Wildman–Crippen MR) is 129 cm³/mol. The molecule has 1 aliphatic heterocycles. The van der Waals surface area contributed by atoms with E-state index >= 15 is 0 Å². The Morgan fingerprint density at radius 3 is 2.73 bits per heavy atom. The van der Waals surface area contributed by atoms with Gasteiger partial charge >= 0.3 is 0 Å². The smallest absolute Gasteiger partial charge is 0.173 e. The number of pyridine rings is 1. The summed E-state index contributed by atoms with van der Waals surface area (Å²) in [6.45, 7) is 4.69. The third-order valence-electron chi connectivity index (χ3n) is 6.11. The molecule has 0 amide bonds. The summed E-state index contributed by atoms with van der Waals surface area (Å²) < 4.78 is 7.13. The summed E-state index contributed by atoms with van der Waals surface area (Å²) in [7, 11) is 1.69. The van der Waals surface area contributed by atoms with Gasteiger partial charge in [0.15, 0.2) is 5.82 Å². The number of benzene rings is 2. The van der Waals surface area contributed by atoms with Crippen LogP contribution in [0.1, 0.15) is 17.4 Å². The van der Waals surface area contributed by atoms with Crippen molar-refractivity contribution in [3.63, 3.8) is 0 Å². The molecule has 2 aromatic carbocycles. The van der Waals surface area contributed by atoms with Gasteiger partial charge in [-0.3, -0.25) is 9.88 Å². The lowest BCUT2D eigenvalue weighted by Crippen LogP contribution is -2.48. The number of rotatable bonds is 7. The normalized spacial score (nSPS) is 15.8. The topological polar surface area (TPSA) is 72.2 Å². The van der Waals surface area contributed by atoms with E-state index in [4.69, 9.17) is 16.3 Å². The molecule has 0 N–H and O–H groups in total. The fourth-order valence-corrected chi connectivity index (χ4v) is 4.63. The van der Waals surface area contributed by atoms with Crippen molar-refractivity contribution in [3.8, 4) is 0 Å². The summed E-state index contributed by atoms with van der Waals surface area (Å²) in [4.78, 5) is 9.30. The van der Waals surface area contributed by atoms with Crippen LogP contribution in [-0.4, -0.2) is 70.0 Å². The van der Waals surface area contributed by atoms with Crippen molar-refractivity contribution in [1.82, 2.24) is 30.1 Å². The van der Waals surface area contributed by atoms with Crippen LogP contribution in [0.2, 0.25) is 5.02 Å². The van der Waals surface area contributed by atoms with Gasteiger partial charge in [0.25, 0.3) is 0 Å². The average Bonchev–Trinajstić information content (AvgIpc) is 3.31. The molecule has 1 atom stereocenters. The summed E-state index contributed by atoms with van der Waals surface area (Å²) in [6.07, 6.45) is 1.82. The van der Waals surface area contributed by atoms with Gasteiger partial charge in [0.2, 0.25) is 0 Å². The monoisotopic (exact) mass is 463 g/mol. The molecule has 1 saturated heterocycles. The van der Waals surface area contributed by atoms with Gasteiger partial charge in [0.1, 0.15) is 0 Å². The second-order valence-electron chi connectivity index (χ2n) is 8.11. The van der Waals surface area contributed by atoms with Gasteiger partial charge in [0, 0.05) is 55.6 Å². The Morgan fingerprint density at radius 2 is 1.91 bits per heavy atom. The van der Waals surface area contributed by atoms with Crippen molar-refractivity contribution in [2.45, 2.75) is 12.6 Å². The second-order valence-corrected chi connectivity index (χ2v) is 8.55. The zero-order valence-corrected chi connectivity index (χ0v) is 19.3. The van der Waals surface area contributed by atoms with Crippen molar-refractivity contribution in [1.29, 1.82) is 0 Å². The van der Waals surface area contributed by atoms with Gasteiger partial charge in [-0.25, -0.2) is 4.68 Å². The molecule has 0 radical (unpaired) electrons. The van der Waals surface area contributed by atoms with Gasteiger partial charge in [-0.05, 0) is 52.4 Å². The molecular formula is C24H26ClN7O. The number of aromatic nitrogens is 5. The van der Waals surface area contributed by atoms with E-state index in [1.54, 1.807) is 7.11 Å². The van der Waals surface area contributed by atoms with Crippen molar-refractivity contribution in [2.75, 3.05) is 44.8 Å². The quantitative estimate of drug-likeness (QED) is 0.415. The molecular weight excluding hydrogens is 438 g/mol. The average molecular weight is 464 g/mol. The van der Waals surface area contributed by atoms with E-state index in [0.717, 1.165) is 59.2 Å². The number of halogens is 1. The first-order chi connectivity index (χ1) is 16.2. The molecule has 33 heavy (non-hydrogen) atoms. The van der Waals surface area contributed by atoms with Crippen LogP contribution in [0.25, 0.3) is 10.9 Å². The minimum Gasteiger partial charge on any atom is -0.383 e. The summed E-state index contributed by atoms with van der Waals surface area (Å²) in [6, 6.07) is 18.4. The number of fused-ring (bicyclic) bond motifs is 1. The van der Waals surface area contributed by atoms with Crippen molar-refractivity contribution >= 4 is 28.2 Å². The predicted octanol–water partition coefficient (Wildman–Crippen LogP) is 3.43. The highest BCUT2D eigenvalue weighted by molar-refractivity contribution is 6.30. The molecule has 1 fully saturated rings. The van der Waals surface area contributed by atoms with Gasteiger partial charge in [-0.1, -0.05) is 29.8 Å². The number of piperazine rings is 1. The first kappa shape index (κ1) is 21.8. The lowest BCUT2D eigenvalue weighted by molar-refractivity contribution is 0.172. The van der Waals surface area contributed by atoms with Gasteiger partial charge < -0.3 is 9.64 Å². The first-order valence-corrected chi connectivity index (χ1v) is 11.4. The van der Waals surface area contributed by atoms with Crippen LogP contribution in [0, 0.1) is 0 Å². The van der Waals surface area contributed by atoms with Crippen LogP contribution >= 0.6 is 11.6 Å². The van der Waals surface area contributed by atoms with E-state index in [0.29, 0.717) is 13.2 Å². The van der Waals surface area contributed by atoms with E-state index in [1.165, 1.54) is 0 Å². The van der Waals surface area contributed by atoms with Gasteiger partial charge in [-0.15, -0.1) is 5.10 Å². The third kappa shape index (κ3) is 4.68. The molecule has 0 bridgehead atoms. The Labute approximate surface area is 197 Å². The van der Waals surface area contributed by atoms with Crippen molar-refractivity contribution in [3.05, 3.63) is 77.2 Å². The van der Waals surface area contributed by atoms with Crippen molar-refractivity contribution < 1.29 is 4.74 Å². The Kier molecular flexibility index (Phi) is 6.48. The van der Waals surface area contributed by atoms with Crippen molar-refractivity contribution in [2.24, 2.45) is 0 Å². The summed E-state index contributed by atoms with van der Waals surface area (Å²) >= 11 is 6.22. The molecule has 1 aliphatic rings. The van der Waals surface area contributed by atoms with E-state index in [1.807, 2.05) is 35.1 Å². The number of nitrogens with zero attached hydrogens (tertiary/aromatic N) is 7. The van der Waals surface area contributed by atoms with Gasteiger partial charge in [-0.2, -0.15) is 0 Å². The molecule has 0 unspecified atom stereocenters. The second kappa shape index (κ2) is 9.82. The highest BCUT2D eigenvalue weighted by atomic mass is 35.5. The number of ether oxygens (including phenoxy) is 1. The minimum absolute atomic E-state index is 0.0667. The number of tetrazole rings is 1. The van der Waals surface area contributed by atoms with E-state index in [9.17, 15) is 0 Å². The molecule has 2 aromatic heterocycles. The summed E-state index contributed by atoms with van der Waals surface area (Å²) in [5.74, 6) is 0.825. The minimum atomic E-state index is -0.0667. The number of hydrogen-bond donors (Lipinski definition) is 0. The third-order valence-corrected chi connectivity index (χ3v) is 6.34. The molecule has 4 aromatic rings. The Balaban J connectivity index is 1.46. The SMILES string of the molecule is COCCn1nnnc1[C@H](c1ccc2ncccc2c1)N1CCN(c2cccc(Cl)c2)CC1. The Hall–Kier alpha value is -3.07. The summed E-state index contributed by atoms with van der Waals surface area (Å²) in [5, 5.41) is 14.5. The largest absolute Gasteiger partial charge is 0.383 e. The van der Waals surface area contributed by atoms with E-state index in [2.05, 4.69) is 60.6 Å². The molecule has 170 valence electrons. The van der Waals surface area contributed by atoms with Crippen LogP contribution in [0.3, 0.4) is 0 Å².